The molecule has 0 heterocycles. The second-order valence-electron chi connectivity index (χ2n) is 5.20. The number of hydrogen-bond acceptors (Lipinski definition) is 3. The van der Waals surface area contributed by atoms with Crippen molar-refractivity contribution < 1.29 is 4.74 Å². The molecule has 0 amide bonds. The van der Waals surface area contributed by atoms with Gasteiger partial charge in [-0.2, -0.15) is 0 Å². The van der Waals surface area contributed by atoms with Gasteiger partial charge in [0, 0.05) is 25.2 Å². The van der Waals surface area contributed by atoms with Crippen molar-refractivity contribution in [2.75, 3.05) is 31.4 Å². The summed E-state index contributed by atoms with van der Waals surface area (Å²) in [5.41, 5.74) is 3.29. The molecule has 2 aromatic carbocycles. The molecule has 0 spiro atoms. The molecule has 112 valence electrons. The maximum absolute atomic E-state index is 6.12. The van der Waals surface area contributed by atoms with Crippen LogP contribution in [0.3, 0.4) is 0 Å². The summed E-state index contributed by atoms with van der Waals surface area (Å²) < 4.78 is 5.28. The van der Waals surface area contributed by atoms with E-state index in [9.17, 15) is 0 Å². The first-order chi connectivity index (χ1) is 10.0. The predicted octanol–water partition coefficient (Wildman–Crippen LogP) is 4.59. The van der Waals surface area contributed by atoms with Gasteiger partial charge in [0.1, 0.15) is 5.75 Å². The van der Waals surface area contributed by atoms with Gasteiger partial charge in [-0.3, -0.25) is 0 Å². The van der Waals surface area contributed by atoms with Gasteiger partial charge >= 0.3 is 0 Å². The molecule has 2 aromatic rings. The van der Waals surface area contributed by atoms with E-state index in [1.807, 2.05) is 50.5 Å². The molecule has 1 unspecified atom stereocenters. The van der Waals surface area contributed by atoms with Gasteiger partial charge < -0.3 is 15.0 Å². The lowest BCUT2D eigenvalue weighted by molar-refractivity contribution is 0.414. The summed E-state index contributed by atoms with van der Waals surface area (Å²) in [6, 6.07) is 14.1. The molecule has 4 heteroatoms. The van der Waals surface area contributed by atoms with Gasteiger partial charge in [-0.1, -0.05) is 23.7 Å². The van der Waals surface area contributed by atoms with Crippen LogP contribution in [-0.2, 0) is 0 Å². The molecule has 0 bridgehead atoms. The fourth-order valence-corrected chi connectivity index (χ4v) is 2.41. The topological polar surface area (TPSA) is 24.5 Å². The number of hydrogen-bond donors (Lipinski definition) is 1. The fraction of sp³-hybridized carbons (Fsp3) is 0.294. The molecule has 0 saturated carbocycles. The third-order valence-electron chi connectivity index (χ3n) is 3.41. The molecule has 3 nitrogen and oxygen atoms in total. The van der Waals surface area contributed by atoms with Crippen molar-refractivity contribution in [3.8, 4) is 5.75 Å². The average molecular weight is 305 g/mol. The Hall–Kier alpha value is -1.87. The highest BCUT2D eigenvalue weighted by atomic mass is 35.5. The monoisotopic (exact) mass is 304 g/mol. The highest BCUT2D eigenvalue weighted by molar-refractivity contribution is 6.31. The zero-order chi connectivity index (χ0) is 15.4. The summed E-state index contributed by atoms with van der Waals surface area (Å²) >= 11 is 6.12. The van der Waals surface area contributed by atoms with E-state index >= 15 is 0 Å². The third-order valence-corrected chi connectivity index (χ3v) is 3.64. The van der Waals surface area contributed by atoms with Crippen LogP contribution >= 0.6 is 11.6 Å². The highest BCUT2D eigenvalue weighted by Crippen LogP contribution is 2.31. The summed E-state index contributed by atoms with van der Waals surface area (Å²) in [4.78, 5) is 2.07. The van der Waals surface area contributed by atoms with E-state index in [0.717, 1.165) is 22.1 Å². The molecule has 0 aliphatic heterocycles. The Balaban J connectivity index is 2.26. The van der Waals surface area contributed by atoms with Crippen molar-refractivity contribution in [1.29, 1.82) is 0 Å². The van der Waals surface area contributed by atoms with Crippen LogP contribution in [0, 0.1) is 0 Å². The summed E-state index contributed by atoms with van der Waals surface area (Å²) in [6.45, 7) is 2.12. The maximum Gasteiger partial charge on any atom is 0.119 e. The normalized spacial score (nSPS) is 11.9. The van der Waals surface area contributed by atoms with Crippen molar-refractivity contribution in [2.45, 2.75) is 13.0 Å². The first-order valence-electron chi connectivity index (χ1n) is 6.88. The molecular weight excluding hydrogens is 284 g/mol. The second-order valence-corrected chi connectivity index (χ2v) is 5.63. The summed E-state index contributed by atoms with van der Waals surface area (Å²) in [7, 11) is 5.72. The van der Waals surface area contributed by atoms with Crippen molar-refractivity contribution in [1.82, 2.24) is 0 Å². The number of nitrogens with zero attached hydrogens (tertiary/aromatic N) is 1. The highest BCUT2D eigenvalue weighted by Gasteiger charge is 2.11. The van der Waals surface area contributed by atoms with Gasteiger partial charge in [0.15, 0.2) is 0 Å². The van der Waals surface area contributed by atoms with Gasteiger partial charge in [-0.15, -0.1) is 0 Å². The molecule has 0 saturated heterocycles. The second kappa shape index (κ2) is 6.72. The van der Waals surface area contributed by atoms with Crippen LogP contribution in [0.4, 0.5) is 11.4 Å². The molecule has 0 fully saturated rings. The standard InChI is InChI=1S/C17H21ClN2O/c1-12(13-6-5-7-15(10-13)21-4)19-16-11-14(18)8-9-17(16)20(2)3/h5-12,19H,1-4H3. The summed E-state index contributed by atoms with van der Waals surface area (Å²) in [5.74, 6) is 0.861. The molecule has 1 atom stereocenters. The molecule has 0 aliphatic rings. The quantitative estimate of drug-likeness (QED) is 0.874. The van der Waals surface area contributed by atoms with E-state index in [4.69, 9.17) is 16.3 Å². The SMILES string of the molecule is COc1cccc(C(C)Nc2cc(Cl)ccc2N(C)C)c1. The Morgan fingerprint density at radius 1 is 1.14 bits per heavy atom. The van der Waals surface area contributed by atoms with Gasteiger partial charge in [0.2, 0.25) is 0 Å². The maximum atomic E-state index is 6.12. The zero-order valence-electron chi connectivity index (χ0n) is 12.9. The molecular formula is C17H21ClN2O. The van der Waals surface area contributed by atoms with E-state index in [2.05, 4.69) is 23.2 Å². The number of halogens is 1. The summed E-state index contributed by atoms with van der Waals surface area (Å²) in [5, 5.41) is 4.24. The van der Waals surface area contributed by atoms with Gasteiger partial charge in [0.25, 0.3) is 0 Å². The van der Waals surface area contributed by atoms with Crippen LogP contribution in [0.1, 0.15) is 18.5 Å². The van der Waals surface area contributed by atoms with Crippen LogP contribution in [0.5, 0.6) is 5.75 Å². The molecule has 0 radical (unpaired) electrons. The molecule has 0 aliphatic carbocycles. The van der Waals surface area contributed by atoms with Gasteiger partial charge in [0.05, 0.1) is 18.5 Å². The Bertz CT molecular complexity index is 613. The largest absolute Gasteiger partial charge is 0.497 e. The number of rotatable bonds is 5. The molecule has 2 rings (SSSR count). The molecule has 0 aromatic heterocycles. The van der Waals surface area contributed by atoms with Crippen LogP contribution in [0.25, 0.3) is 0 Å². The Labute approximate surface area is 131 Å². The minimum atomic E-state index is 0.150. The Morgan fingerprint density at radius 2 is 1.90 bits per heavy atom. The average Bonchev–Trinajstić information content (AvgIpc) is 2.47. The number of benzene rings is 2. The van der Waals surface area contributed by atoms with Crippen LogP contribution in [0.2, 0.25) is 5.02 Å². The minimum absolute atomic E-state index is 0.150. The Kier molecular flexibility index (Phi) is 4.97. The summed E-state index contributed by atoms with van der Waals surface area (Å²) in [6.07, 6.45) is 0. The van der Waals surface area contributed by atoms with Crippen molar-refractivity contribution in [3.63, 3.8) is 0 Å². The van der Waals surface area contributed by atoms with Crippen LogP contribution < -0.4 is 15.0 Å². The predicted molar refractivity (Wildman–Crippen MR) is 90.8 cm³/mol. The first kappa shape index (κ1) is 15.5. The minimum Gasteiger partial charge on any atom is -0.497 e. The zero-order valence-corrected chi connectivity index (χ0v) is 13.6. The lowest BCUT2D eigenvalue weighted by atomic mass is 10.1. The van der Waals surface area contributed by atoms with Crippen molar-refractivity contribution in [3.05, 3.63) is 53.1 Å². The van der Waals surface area contributed by atoms with Crippen LogP contribution in [0.15, 0.2) is 42.5 Å². The smallest absolute Gasteiger partial charge is 0.119 e. The number of anilines is 2. The van der Waals surface area contributed by atoms with E-state index < -0.39 is 0 Å². The molecule has 1 N–H and O–H groups in total. The third kappa shape index (κ3) is 3.82. The molecule has 21 heavy (non-hydrogen) atoms. The number of methoxy groups -OCH3 is 1. The fourth-order valence-electron chi connectivity index (χ4n) is 2.24. The van der Waals surface area contributed by atoms with E-state index in [-0.39, 0.29) is 6.04 Å². The van der Waals surface area contributed by atoms with E-state index in [0.29, 0.717) is 0 Å². The Morgan fingerprint density at radius 3 is 2.57 bits per heavy atom. The number of nitrogens with one attached hydrogen (secondary N) is 1. The van der Waals surface area contributed by atoms with Crippen molar-refractivity contribution >= 4 is 23.0 Å². The lowest BCUT2D eigenvalue weighted by Gasteiger charge is -2.22. The first-order valence-corrected chi connectivity index (χ1v) is 7.26. The van der Waals surface area contributed by atoms with Crippen LogP contribution in [-0.4, -0.2) is 21.2 Å². The van der Waals surface area contributed by atoms with Gasteiger partial charge in [-0.25, -0.2) is 0 Å². The number of ether oxygens (including phenoxy) is 1. The van der Waals surface area contributed by atoms with E-state index in [1.165, 1.54) is 5.56 Å². The van der Waals surface area contributed by atoms with Gasteiger partial charge in [-0.05, 0) is 42.8 Å². The van der Waals surface area contributed by atoms with E-state index in [1.54, 1.807) is 7.11 Å². The lowest BCUT2D eigenvalue weighted by Crippen LogP contribution is -2.14. The van der Waals surface area contributed by atoms with Crippen molar-refractivity contribution in [2.24, 2.45) is 0 Å².